The summed E-state index contributed by atoms with van der Waals surface area (Å²) in [5.41, 5.74) is 2.49. The lowest BCUT2D eigenvalue weighted by atomic mass is 10.2. The van der Waals surface area contributed by atoms with Crippen LogP contribution in [0.1, 0.15) is 18.9 Å². The minimum absolute atomic E-state index is 0.133. The highest BCUT2D eigenvalue weighted by molar-refractivity contribution is 6.35. The number of carbonyl (C=O) groups is 1. The molecule has 3 heterocycles. The van der Waals surface area contributed by atoms with Crippen LogP contribution in [0, 0.1) is 0 Å². The first-order valence-corrected chi connectivity index (χ1v) is 11.8. The van der Waals surface area contributed by atoms with E-state index in [9.17, 15) is 4.79 Å². The summed E-state index contributed by atoms with van der Waals surface area (Å²) in [4.78, 5) is 25.9. The number of nitrogens with zero attached hydrogens (tertiary/aromatic N) is 6. The molecule has 1 fully saturated rings. The predicted molar refractivity (Wildman–Crippen MR) is 132 cm³/mol. The van der Waals surface area contributed by atoms with Gasteiger partial charge < -0.3 is 20.4 Å². The predicted octanol–water partition coefficient (Wildman–Crippen LogP) is 2.93. The molecule has 1 saturated heterocycles. The van der Waals surface area contributed by atoms with Crippen molar-refractivity contribution >= 4 is 51.9 Å². The molecule has 2 aromatic heterocycles. The van der Waals surface area contributed by atoms with Gasteiger partial charge >= 0.3 is 0 Å². The van der Waals surface area contributed by atoms with Gasteiger partial charge in [0.05, 0.1) is 12.7 Å². The maximum absolute atomic E-state index is 12.4. The Balaban J connectivity index is 1.48. The Bertz CT molecular complexity index is 1130. The first-order chi connectivity index (χ1) is 16.0. The number of piperazine rings is 1. The summed E-state index contributed by atoms with van der Waals surface area (Å²) in [5, 5.41) is 12.1. The molecule has 11 heteroatoms. The molecule has 3 aromatic rings. The minimum Gasteiger partial charge on any atom is -0.364 e. The number of hydrogen-bond acceptors (Lipinski definition) is 7. The summed E-state index contributed by atoms with van der Waals surface area (Å²) < 4.78 is 1.75. The second-order valence-corrected chi connectivity index (χ2v) is 8.85. The number of aryl methyl sites for hydroxylation is 1. The van der Waals surface area contributed by atoms with Crippen molar-refractivity contribution in [3.8, 4) is 0 Å². The average Bonchev–Trinajstić information content (AvgIpc) is 3.19. The fourth-order valence-corrected chi connectivity index (χ4v) is 4.29. The van der Waals surface area contributed by atoms with Gasteiger partial charge in [0, 0.05) is 49.8 Å². The van der Waals surface area contributed by atoms with E-state index in [1.807, 2.05) is 24.1 Å². The van der Waals surface area contributed by atoms with Crippen molar-refractivity contribution in [1.29, 1.82) is 0 Å². The van der Waals surface area contributed by atoms with Crippen molar-refractivity contribution in [3.63, 3.8) is 0 Å². The highest BCUT2D eigenvalue weighted by Crippen LogP contribution is 2.26. The molecule has 0 spiro atoms. The van der Waals surface area contributed by atoms with Gasteiger partial charge in [-0.25, -0.2) is 4.98 Å². The number of nitrogens with one attached hydrogen (secondary N) is 2. The smallest absolute Gasteiger partial charge is 0.236 e. The topological polar surface area (TPSA) is 91.2 Å². The molecule has 9 nitrogen and oxygen atoms in total. The molecule has 0 atom stereocenters. The van der Waals surface area contributed by atoms with E-state index in [1.165, 1.54) is 0 Å². The number of anilines is 2. The zero-order valence-electron chi connectivity index (χ0n) is 18.8. The van der Waals surface area contributed by atoms with Crippen LogP contribution in [0.25, 0.3) is 11.0 Å². The lowest BCUT2D eigenvalue weighted by molar-refractivity contribution is -0.130. The van der Waals surface area contributed by atoms with E-state index in [4.69, 9.17) is 33.2 Å². The number of rotatable bonds is 8. The Hall–Kier alpha value is -2.62. The van der Waals surface area contributed by atoms with E-state index >= 15 is 0 Å². The van der Waals surface area contributed by atoms with Gasteiger partial charge in [-0.2, -0.15) is 10.1 Å². The van der Waals surface area contributed by atoms with E-state index < -0.39 is 0 Å². The normalized spacial score (nSPS) is 14.2. The Morgan fingerprint density at radius 2 is 1.94 bits per heavy atom. The third-order valence-electron chi connectivity index (χ3n) is 5.66. The van der Waals surface area contributed by atoms with Gasteiger partial charge in [-0.15, -0.1) is 0 Å². The lowest BCUT2D eigenvalue weighted by Crippen LogP contribution is -2.51. The lowest BCUT2D eigenvalue weighted by Gasteiger charge is -2.35. The van der Waals surface area contributed by atoms with Crippen LogP contribution in [-0.2, 0) is 18.4 Å². The minimum atomic E-state index is 0.133. The van der Waals surface area contributed by atoms with Gasteiger partial charge in [-0.1, -0.05) is 36.2 Å². The quantitative estimate of drug-likeness (QED) is 0.469. The van der Waals surface area contributed by atoms with Gasteiger partial charge in [0.1, 0.15) is 11.0 Å². The van der Waals surface area contributed by atoms with E-state index in [2.05, 4.69) is 27.6 Å². The molecule has 1 aliphatic rings. The Kier molecular flexibility index (Phi) is 7.52. The fraction of sp³-hybridized carbons (Fsp3) is 0.455. The Labute approximate surface area is 203 Å². The van der Waals surface area contributed by atoms with Crippen LogP contribution in [0.2, 0.25) is 10.0 Å². The van der Waals surface area contributed by atoms with E-state index in [1.54, 1.807) is 16.9 Å². The third kappa shape index (κ3) is 5.48. The van der Waals surface area contributed by atoms with Crippen molar-refractivity contribution in [2.24, 2.45) is 7.05 Å². The molecule has 4 rings (SSSR count). The average molecular weight is 491 g/mol. The molecule has 1 aliphatic heterocycles. The molecule has 176 valence electrons. The highest BCUT2D eigenvalue weighted by Gasteiger charge is 2.24. The molecule has 0 unspecified atom stereocenters. The fourth-order valence-electron chi connectivity index (χ4n) is 3.82. The second kappa shape index (κ2) is 10.5. The van der Waals surface area contributed by atoms with Crippen molar-refractivity contribution in [2.75, 3.05) is 49.5 Å². The molecule has 1 amide bonds. The van der Waals surface area contributed by atoms with Crippen LogP contribution in [0.3, 0.4) is 0 Å². The standard InChI is InChI=1S/C22H28Cl2N8O/c1-3-6-25-14-19(33)31-7-9-32(10-8-31)22-28-18-13-27-30(2)20(18)21(29-22)26-12-15-4-5-16(23)11-17(15)24/h4-5,11,13,25H,3,6-10,12,14H2,1-2H3,(H,26,28,29). The molecule has 0 bridgehead atoms. The monoisotopic (exact) mass is 490 g/mol. The van der Waals surface area contributed by atoms with Crippen LogP contribution in [0.5, 0.6) is 0 Å². The molecular formula is C22H28Cl2N8O. The number of fused-ring (bicyclic) bond motifs is 1. The third-order valence-corrected chi connectivity index (χ3v) is 6.24. The van der Waals surface area contributed by atoms with Gasteiger partial charge in [-0.05, 0) is 30.7 Å². The number of hydrogen-bond donors (Lipinski definition) is 2. The summed E-state index contributed by atoms with van der Waals surface area (Å²) in [6.45, 7) is 6.44. The molecule has 33 heavy (non-hydrogen) atoms. The van der Waals surface area contributed by atoms with E-state index in [0.29, 0.717) is 61.1 Å². The van der Waals surface area contributed by atoms with Gasteiger partial charge in [0.25, 0.3) is 0 Å². The van der Waals surface area contributed by atoms with E-state index in [0.717, 1.165) is 29.6 Å². The van der Waals surface area contributed by atoms with Crippen LogP contribution in [-0.4, -0.2) is 69.8 Å². The summed E-state index contributed by atoms with van der Waals surface area (Å²) in [7, 11) is 1.86. The number of amides is 1. The summed E-state index contributed by atoms with van der Waals surface area (Å²) in [5.74, 6) is 1.44. The van der Waals surface area contributed by atoms with Crippen LogP contribution < -0.4 is 15.5 Å². The molecule has 1 aromatic carbocycles. The second-order valence-electron chi connectivity index (χ2n) is 8.01. The number of carbonyl (C=O) groups excluding carboxylic acids is 1. The number of halogens is 2. The summed E-state index contributed by atoms with van der Waals surface area (Å²) >= 11 is 12.4. The molecule has 0 saturated carbocycles. The largest absolute Gasteiger partial charge is 0.364 e. The maximum Gasteiger partial charge on any atom is 0.236 e. The zero-order chi connectivity index (χ0) is 23.4. The zero-order valence-corrected chi connectivity index (χ0v) is 20.3. The molecule has 0 aliphatic carbocycles. The van der Waals surface area contributed by atoms with E-state index in [-0.39, 0.29) is 5.91 Å². The highest BCUT2D eigenvalue weighted by atomic mass is 35.5. The Morgan fingerprint density at radius 1 is 1.15 bits per heavy atom. The van der Waals surface area contributed by atoms with Crippen molar-refractivity contribution < 1.29 is 4.79 Å². The van der Waals surface area contributed by atoms with Crippen molar-refractivity contribution in [1.82, 2.24) is 30.0 Å². The molecular weight excluding hydrogens is 463 g/mol. The Morgan fingerprint density at radius 3 is 2.67 bits per heavy atom. The first kappa shape index (κ1) is 23.5. The van der Waals surface area contributed by atoms with Crippen LogP contribution in [0.4, 0.5) is 11.8 Å². The van der Waals surface area contributed by atoms with Gasteiger partial charge in [0.15, 0.2) is 5.82 Å². The summed E-state index contributed by atoms with van der Waals surface area (Å²) in [6.07, 6.45) is 2.75. The molecule has 0 radical (unpaired) electrons. The molecule has 2 N–H and O–H groups in total. The van der Waals surface area contributed by atoms with Gasteiger partial charge in [0.2, 0.25) is 11.9 Å². The summed E-state index contributed by atoms with van der Waals surface area (Å²) in [6, 6.07) is 5.43. The van der Waals surface area contributed by atoms with Crippen LogP contribution >= 0.6 is 23.2 Å². The van der Waals surface area contributed by atoms with Gasteiger partial charge in [-0.3, -0.25) is 9.48 Å². The first-order valence-electron chi connectivity index (χ1n) is 11.1. The van der Waals surface area contributed by atoms with Crippen LogP contribution in [0.15, 0.2) is 24.4 Å². The SMILES string of the molecule is CCCNCC(=O)N1CCN(c2nc(NCc3ccc(Cl)cc3Cl)c3c(cnn3C)n2)CC1. The number of benzene rings is 1. The maximum atomic E-state index is 12.4. The van der Waals surface area contributed by atoms with Crippen molar-refractivity contribution in [3.05, 3.63) is 40.0 Å². The van der Waals surface area contributed by atoms with Crippen molar-refractivity contribution in [2.45, 2.75) is 19.9 Å². The number of aromatic nitrogens is 4.